The number of benzene rings is 1. The first-order chi connectivity index (χ1) is 7.93. The molecule has 1 N–H and O–H groups in total. The van der Waals surface area contributed by atoms with E-state index in [1.54, 1.807) is 30.3 Å². The topological polar surface area (TPSA) is 103 Å². The first-order valence-corrected chi connectivity index (χ1v) is 6.23. The molecule has 0 fully saturated rings. The second-order valence-electron chi connectivity index (χ2n) is 3.36. The highest BCUT2D eigenvalue weighted by Gasteiger charge is 2.12. The fraction of sp³-hybridized carbons (Fsp3) is 0.200. The van der Waals surface area contributed by atoms with Gasteiger partial charge in [-0.2, -0.15) is 8.42 Å². The second-order valence-corrected chi connectivity index (χ2v) is 5.13. The summed E-state index contributed by atoms with van der Waals surface area (Å²) < 4.78 is 30.2. The fourth-order valence-electron chi connectivity index (χ4n) is 1.05. The van der Waals surface area contributed by atoms with Crippen LogP contribution in [-0.4, -0.2) is 18.2 Å². The molecular formula is C10H11N3O3S. The lowest BCUT2D eigenvalue weighted by molar-refractivity contribution is 0.477. The summed E-state index contributed by atoms with van der Waals surface area (Å²) in [5.74, 6) is 0. The predicted molar refractivity (Wildman–Crippen MR) is 65.3 cm³/mol. The first kappa shape index (κ1) is 13.2. The van der Waals surface area contributed by atoms with Gasteiger partial charge in [0.25, 0.3) is 10.1 Å². The number of rotatable bonds is 4. The van der Waals surface area contributed by atoms with Gasteiger partial charge in [-0.15, -0.1) is 0 Å². The molecule has 17 heavy (non-hydrogen) atoms. The molecule has 0 saturated carbocycles. The molecule has 0 bridgehead atoms. The van der Waals surface area contributed by atoms with Crippen molar-refractivity contribution in [3.8, 4) is 0 Å². The quantitative estimate of drug-likeness (QED) is 0.386. The van der Waals surface area contributed by atoms with Crippen molar-refractivity contribution in [1.29, 1.82) is 0 Å². The molecule has 0 aliphatic carbocycles. The molecule has 90 valence electrons. The van der Waals surface area contributed by atoms with Gasteiger partial charge in [0.2, 0.25) is 0 Å². The van der Waals surface area contributed by atoms with E-state index in [2.05, 4.69) is 10.0 Å². The molecular weight excluding hydrogens is 242 g/mol. The Balaban J connectivity index is 2.83. The molecule has 0 aliphatic heterocycles. The number of nitrogens with zero attached hydrogens (tertiary/aromatic N) is 3. The minimum absolute atomic E-state index is 0.479. The Morgan fingerprint density at radius 2 is 2.00 bits per heavy atom. The summed E-state index contributed by atoms with van der Waals surface area (Å²) in [6.07, 6.45) is 2.94. The van der Waals surface area contributed by atoms with Crippen molar-refractivity contribution in [3.05, 3.63) is 46.3 Å². The van der Waals surface area contributed by atoms with E-state index in [9.17, 15) is 8.42 Å². The lowest BCUT2D eigenvalue weighted by Gasteiger charge is -2.00. The highest BCUT2D eigenvalue weighted by atomic mass is 32.2. The van der Waals surface area contributed by atoms with Crippen LogP contribution in [0.5, 0.6) is 0 Å². The summed E-state index contributed by atoms with van der Waals surface area (Å²) in [6, 6.07) is 6.57. The average Bonchev–Trinajstić information content (AvgIpc) is 2.27. The molecule has 0 aromatic heterocycles. The molecule has 0 spiro atoms. The standard InChI is InChI=1S/C10H11N3O3S/c1-8(17(14,15)16)2-3-9-4-6-10(7-5-9)12-13-11/h2-8H,1H3,(H,14,15,16). The maximum absolute atomic E-state index is 10.7. The summed E-state index contributed by atoms with van der Waals surface area (Å²) >= 11 is 0. The van der Waals surface area contributed by atoms with Crippen LogP contribution in [0.2, 0.25) is 0 Å². The minimum atomic E-state index is -4.04. The summed E-state index contributed by atoms with van der Waals surface area (Å²) in [5, 5.41) is 2.44. The Morgan fingerprint density at radius 1 is 1.41 bits per heavy atom. The van der Waals surface area contributed by atoms with Crippen molar-refractivity contribution in [2.24, 2.45) is 5.11 Å². The maximum Gasteiger partial charge on any atom is 0.271 e. The van der Waals surface area contributed by atoms with Gasteiger partial charge in [-0.05, 0) is 18.0 Å². The summed E-state index contributed by atoms with van der Waals surface area (Å²) in [5.41, 5.74) is 9.43. The first-order valence-electron chi connectivity index (χ1n) is 4.73. The van der Waals surface area contributed by atoms with E-state index >= 15 is 0 Å². The monoisotopic (exact) mass is 253 g/mol. The zero-order valence-electron chi connectivity index (χ0n) is 9.06. The van der Waals surface area contributed by atoms with Crippen LogP contribution in [0, 0.1) is 0 Å². The van der Waals surface area contributed by atoms with E-state index in [4.69, 9.17) is 10.1 Å². The number of azide groups is 1. The molecule has 0 heterocycles. The smallest absolute Gasteiger partial charge is 0.271 e. The van der Waals surface area contributed by atoms with Crippen LogP contribution < -0.4 is 0 Å². The third-order valence-electron chi connectivity index (χ3n) is 2.08. The van der Waals surface area contributed by atoms with Crippen LogP contribution >= 0.6 is 0 Å². The van der Waals surface area contributed by atoms with Crippen LogP contribution in [0.3, 0.4) is 0 Å². The molecule has 0 amide bonds. The van der Waals surface area contributed by atoms with E-state index in [0.717, 1.165) is 5.56 Å². The van der Waals surface area contributed by atoms with Crippen LogP contribution in [0.25, 0.3) is 16.5 Å². The number of hydrogen-bond acceptors (Lipinski definition) is 3. The molecule has 1 atom stereocenters. The van der Waals surface area contributed by atoms with Crippen LogP contribution in [0.1, 0.15) is 12.5 Å². The highest BCUT2D eigenvalue weighted by molar-refractivity contribution is 7.86. The maximum atomic E-state index is 10.7. The molecule has 1 rings (SSSR count). The molecule has 0 saturated heterocycles. The van der Waals surface area contributed by atoms with Gasteiger partial charge in [0, 0.05) is 10.6 Å². The van der Waals surface area contributed by atoms with Crippen molar-refractivity contribution in [2.45, 2.75) is 12.2 Å². The third-order valence-corrected chi connectivity index (χ3v) is 3.18. The Kier molecular flexibility index (Phi) is 4.28. The van der Waals surface area contributed by atoms with Crippen molar-refractivity contribution in [1.82, 2.24) is 0 Å². The SMILES string of the molecule is CC(C=Cc1ccc(N=[N+]=[N-])cc1)S(=O)(=O)O. The van der Waals surface area contributed by atoms with Crippen LogP contribution in [0.15, 0.2) is 35.5 Å². The normalized spacial score (nSPS) is 13.3. The molecule has 1 unspecified atom stereocenters. The predicted octanol–water partition coefficient (Wildman–Crippen LogP) is 2.92. The van der Waals surface area contributed by atoms with Crippen molar-refractivity contribution in [3.63, 3.8) is 0 Å². The van der Waals surface area contributed by atoms with Gasteiger partial charge in [-0.1, -0.05) is 41.5 Å². The zero-order chi connectivity index (χ0) is 12.9. The Labute approximate surface area is 99.0 Å². The van der Waals surface area contributed by atoms with E-state index in [1.807, 2.05) is 0 Å². The number of hydrogen-bond donors (Lipinski definition) is 1. The average molecular weight is 253 g/mol. The summed E-state index contributed by atoms with van der Waals surface area (Å²) in [7, 11) is -4.04. The Hall–Kier alpha value is -1.82. The summed E-state index contributed by atoms with van der Waals surface area (Å²) in [6.45, 7) is 1.38. The van der Waals surface area contributed by atoms with Gasteiger partial charge in [0.05, 0.1) is 0 Å². The van der Waals surface area contributed by atoms with Crippen LogP contribution in [0.4, 0.5) is 5.69 Å². The third kappa shape index (κ3) is 4.28. The van der Waals surface area contributed by atoms with Gasteiger partial charge in [-0.3, -0.25) is 4.55 Å². The van der Waals surface area contributed by atoms with Crippen LogP contribution in [-0.2, 0) is 10.1 Å². The van der Waals surface area contributed by atoms with Crippen molar-refractivity contribution < 1.29 is 13.0 Å². The molecule has 1 aromatic rings. The molecule has 0 aliphatic rings. The van der Waals surface area contributed by atoms with Gasteiger partial charge in [-0.25, -0.2) is 0 Å². The molecule has 1 aromatic carbocycles. The summed E-state index contributed by atoms with van der Waals surface area (Å²) in [4.78, 5) is 2.64. The van der Waals surface area contributed by atoms with E-state index in [1.165, 1.54) is 13.0 Å². The lowest BCUT2D eigenvalue weighted by Crippen LogP contribution is -2.12. The molecule has 6 nitrogen and oxygen atoms in total. The molecule has 7 heteroatoms. The Morgan fingerprint density at radius 3 is 2.47 bits per heavy atom. The minimum Gasteiger partial charge on any atom is -0.285 e. The van der Waals surface area contributed by atoms with E-state index in [-0.39, 0.29) is 0 Å². The largest absolute Gasteiger partial charge is 0.285 e. The Bertz CT molecular complexity index is 557. The fourth-order valence-corrected chi connectivity index (χ4v) is 1.33. The second kappa shape index (κ2) is 5.49. The highest BCUT2D eigenvalue weighted by Crippen LogP contribution is 2.14. The van der Waals surface area contributed by atoms with Gasteiger partial charge in [0.1, 0.15) is 5.25 Å². The van der Waals surface area contributed by atoms with Gasteiger partial charge in [0.15, 0.2) is 0 Å². The molecule has 0 radical (unpaired) electrons. The zero-order valence-corrected chi connectivity index (χ0v) is 9.87. The van der Waals surface area contributed by atoms with E-state index < -0.39 is 15.4 Å². The van der Waals surface area contributed by atoms with Crippen molar-refractivity contribution in [2.75, 3.05) is 0 Å². The van der Waals surface area contributed by atoms with Gasteiger partial charge < -0.3 is 0 Å². The lowest BCUT2D eigenvalue weighted by atomic mass is 10.2. The van der Waals surface area contributed by atoms with E-state index in [0.29, 0.717) is 5.69 Å². The van der Waals surface area contributed by atoms with Crippen molar-refractivity contribution >= 4 is 21.9 Å². The van der Waals surface area contributed by atoms with Gasteiger partial charge >= 0.3 is 0 Å².